The van der Waals surface area contributed by atoms with E-state index in [0.29, 0.717) is 48.4 Å². The summed E-state index contributed by atoms with van der Waals surface area (Å²) in [6.45, 7) is 6.85. The molecule has 0 aliphatic carbocycles. The van der Waals surface area contributed by atoms with E-state index in [9.17, 15) is 14.4 Å². The van der Waals surface area contributed by atoms with Crippen molar-refractivity contribution in [2.75, 3.05) is 44.7 Å². The third-order valence-corrected chi connectivity index (χ3v) is 4.94. The zero-order chi connectivity index (χ0) is 25.8. The van der Waals surface area contributed by atoms with Crippen LogP contribution in [0, 0.1) is 0 Å². The second-order valence-corrected chi connectivity index (χ2v) is 7.44. The van der Waals surface area contributed by atoms with Crippen molar-refractivity contribution in [3.05, 3.63) is 47.5 Å². The van der Waals surface area contributed by atoms with Crippen molar-refractivity contribution < 1.29 is 33.7 Å². The van der Waals surface area contributed by atoms with Gasteiger partial charge < -0.3 is 34.4 Å². The first-order valence-electron chi connectivity index (χ1n) is 11.3. The Morgan fingerprint density at radius 2 is 1.57 bits per heavy atom. The van der Waals surface area contributed by atoms with Crippen LogP contribution < -0.4 is 14.8 Å². The second kappa shape index (κ2) is 13.9. The van der Waals surface area contributed by atoms with Gasteiger partial charge in [-0.1, -0.05) is 25.4 Å². The maximum atomic E-state index is 12.9. The van der Waals surface area contributed by atoms with E-state index < -0.39 is 24.7 Å². The molecule has 0 aromatic heterocycles. The Morgan fingerprint density at radius 1 is 0.971 bits per heavy atom. The quantitative estimate of drug-likeness (QED) is 0.545. The van der Waals surface area contributed by atoms with E-state index in [-0.39, 0.29) is 12.4 Å². The molecule has 3 rings (SSSR count). The van der Waals surface area contributed by atoms with Crippen molar-refractivity contribution in [2.45, 2.75) is 20.8 Å². The highest BCUT2D eigenvalue weighted by molar-refractivity contribution is 6.30. The molecule has 1 aliphatic heterocycles. The van der Waals surface area contributed by atoms with Gasteiger partial charge in [-0.2, -0.15) is 0 Å². The maximum Gasteiger partial charge on any atom is 0.409 e. The third kappa shape index (κ3) is 8.56. The van der Waals surface area contributed by atoms with Crippen LogP contribution in [0.15, 0.2) is 42.5 Å². The molecule has 1 heterocycles. The fraction of sp³-hybridized carbons (Fsp3) is 0.375. The molecule has 35 heavy (non-hydrogen) atoms. The lowest BCUT2D eigenvalue weighted by Crippen LogP contribution is -2.51. The number of carbonyl (C=O) groups is 3. The highest BCUT2D eigenvalue weighted by Crippen LogP contribution is 2.33. The van der Waals surface area contributed by atoms with Crippen LogP contribution >= 0.6 is 11.6 Å². The lowest BCUT2D eigenvalue weighted by atomic mass is 10.2. The van der Waals surface area contributed by atoms with Crippen molar-refractivity contribution in [1.82, 2.24) is 9.80 Å². The van der Waals surface area contributed by atoms with Gasteiger partial charge >= 0.3 is 18.1 Å². The molecule has 1 fully saturated rings. The minimum Gasteiger partial charge on any atom is -0.482 e. The molecular weight excluding hydrogens is 478 g/mol. The average Bonchev–Trinajstić information content (AvgIpc) is 2.87. The van der Waals surface area contributed by atoms with Gasteiger partial charge in [0, 0.05) is 37.3 Å². The van der Waals surface area contributed by atoms with Crippen molar-refractivity contribution in [3.8, 4) is 17.2 Å². The summed E-state index contributed by atoms with van der Waals surface area (Å²) < 4.78 is 16.1. The van der Waals surface area contributed by atoms with E-state index in [2.05, 4.69) is 5.32 Å². The summed E-state index contributed by atoms with van der Waals surface area (Å²) in [5.74, 6) is -0.0412. The smallest absolute Gasteiger partial charge is 0.409 e. The van der Waals surface area contributed by atoms with Gasteiger partial charge in [0.25, 0.3) is 0 Å². The van der Waals surface area contributed by atoms with Gasteiger partial charge in [-0.05, 0) is 43.3 Å². The summed E-state index contributed by atoms with van der Waals surface area (Å²) >= 11 is 5.91. The van der Waals surface area contributed by atoms with Crippen LogP contribution in [0.1, 0.15) is 20.8 Å². The first kappa shape index (κ1) is 27.6. The zero-order valence-corrected chi connectivity index (χ0v) is 20.7. The van der Waals surface area contributed by atoms with Crippen LogP contribution in [0.2, 0.25) is 5.02 Å². The van der Waals surface area contributed by atoms with Crippen LogP contribution in [0.25, 0.3) is 0 Å². The number of aliphatic carboxylic acids is 1. The lowest BCUT2D eigenvalue weighted by molar-refractivity contribution is -0.139. The summed E-state index contributed by atoms with van der Waals surface area (Å²) in [5, 5.41) is 12.2. The van der Waals surface area contributed by atoms with Crippen molar-refractivity contribution in [1.29, 1.82) is 0 Å². The summed E-state index contributed by atoms with van der Waals surface area (Å²) in [6, 6.07) is 10.9. The van der Waals surface area contributed by atoms with Gasteiger partial charge in [0.1, 0.15) is 11.5 Å². The van der Waals surface area contributed by atoms with E-state index in [4.69, 9.17) is 30.9 Å². The monoisotopic (exact) mass is 507 g/mol. The number of carboxylic acid groups (broad SMARTS) is 1. The molecule has 0 bridgehead atoms. The van der Waals surface area contributed by atoms with Gasteiger partial charge in [0.2, 0.25) is 0 Å². The highest BCUT2D eigenvalue weighted by Gasteiger charge is 2.25. The molecule has 0 spiro atoms. The Morgan fingerprint density at radius 3 is 2.17 bits per heavy atom. The highest BCUT2D eigenvalue weighted by atomic mass is 35.5. The number of benzene rings is 2. The van der Waals surface area contributed by atoms with E-state index in [1.807, 2.05) is 13.8 Å². The molecule has 0 unspecified atom stereocenters. The van der Waals surface area contributed by atoms with Crippen LogP contribution in [0.3, 0.4) is 0 Å². The Labute approximate surface area is 209 Å². The molecule has 2 aromatic carbocycles. The SMILES string of the molecule is CC.CCOC(=O)N1CCN(C(=O)Nc2cc(OCC(=O)O)ccc2Oc2ccc(Cl)cc2)CC1. The minimum atomic E-state index is -1.12. The Hall–Kier alpha value is -3.66. The lowest BCUT2D eigenvalue weighted by Gasteiger charge is -2.34. The van der Waals surface area contributed by atoms with E-state index in [1.54, 1.807) is 53.1 Å². The van der Waals surface area contributed by atoms with E-state index >= 15 is 0 Å². The average molecular weight is 508 g/mol. The molecule has 2 aromatic rings. The number of amides is 3. The number of anilines is 1. The van der Waals surface area contributed by atoms with Crippen molar-refractivity contribution in [3.63, 3.8) is 0 Å². The second-order valence-electron chi connectivity index (χ2n) is 7.00. The molecule has 190 valence electrons. The van der Waals surface area contributed by atoms with Gasteiger partial charge in [0.05, 0.1) is 12.3 Å². The first-order chi connectivity index (χ1) is 16.9. The van der Waals surface area contributed by atoms with Crippen molar-refractivity contribution >= 4 is 35.4 Å². The molecule has 0 radical (unpaired) electrons. The Bertz CT molecular complexity index is 993. The molecule has 10 nitrogen and oxygen atoms in total. The standard InChI is InChI=1S/C22H24ClN3O7.C2H6/c1-2-31-22(30)26-11-9-25(10-12-26)21(29)24-18-13-17(32-14-20(27)28)7-8-19(18)33-16-5-3-15(23)4-6-16;1-2/h3-8,13H,2,9-12,14H2,1H3,(H,24,29)(H,27,28);1-2H3. The van der Waals surface area contributed by atoms with Gasteiger partial charge in [0.15, 0.2) is 12.4 Å². The number of halogens is 1. The predicted octanol–water partition coefficient (Wildman–Crippen LogP) is 4.93. The van der Waals surface area contributed by atoms with E-state index in [0.717, 1.165) is 0 Å². The fourth-order valence-corrected chi connectivity index (χ4v) is 3.19. The number of piperazine rings is 1. The van der Waals surface area contributed by atoms with Gasteiger partial charge in [-0.15, -0.1) is 0 Å². The van der Waals surface area contributed by atoms with Gasteiger partial charge in [-0.3, -0.25) is 0 Å². The minimum absolute atomic E-state index is 0.253. The largest absolute Gasteiger partial charge is 0.482 e. The van der Waals surface area contributed by atoms with Crippen molar-refractivity contribution in [2.24, 2.45) is 0 Å². The summed E-state index contributed by atoms with van der Waals surface area (Å²) in [7, 11) is 0. The predicted molar refractivity (Wildman–Crippen MR) is 132 cm³/mol. The third-order valence-electron chi connectivity index (χ3n) is 4.69. The maximum absolute atomic E-state index is 12.9. The van der Waals surface area contributed by atoms with Crippen LogP contribution in [-0.2, 0) is 9.53 Å². The Balaban J connectivity index is 0.00000210. The summed E-state index contributed by atoms with van der Waals surface area (Å²) in [5.41, 5.74) is 0.297. The summed E-state index contributed by atoms with van der Waals surface area (Å²) in [6.07, 6.45) is -0.403. The molecule has 0 atom stereocenters. The topological polar surface area (TPSA) is 118 Å². The molecule has 11 heteroatoms. The number of nitrogens with one attached hydrogen (secondary N) is 1. The molecule has 0 saturated carbocycles. The fourth-order valence-electron chi connectivity index (χ4n) is 3.06. The number of urea groups is 1. The first-order valence-corrected chi connectivity index (χ1v) is 11.6. The normalized spacial score (nSPS) is 12.7. The number of nitrogens with zero attached hydrogens (tertiary/aromatic N) is 2. The Kier molecular flexibility index (Phi) is 11.0. The van der Waals surface area contributed by atoms with Crippen LogP contribution in [0.4, 0.5) is 15.3 Å². The van der Waals surface area contributed by atoms with Gasteiger partial charge in [-0.25, -0.2) is 14.4 Å². The number of hydrogen-bond donors (Lipinski definition) is 2. The molecular formula is C24H30ClN3O7. The van der Waals surface area contributed by atoms with Crippen LogP contribution in [0.5, 0.6) is 17.2 Å². The molecule has 1 saturated heterocycles. The summed E-state index contributed by atoms with van der Waals surface area (Å²) in [4.78, 5) is 38.7. The number of rotatable bonds is 7. The molecule has 3 amide bonds. The number of carboxylic acids is 1. The molecule has 1 aliphatic rings. The zero-order valence-electron chi connectivity index (χ0n) is 20.0. The number of carbonyl (C=O) groups excluding carboxylic acids is 2. The molecule has 2 N–H and O–H groups in total. The number of hydrogen-bond acceptors (Lipinski definition) is 6. The van der Waals surface area contributed by atoms with E-state index in [1.165, 1.54) is 6.07 Å². The number of ether oxygens (including phenoxy) is 3. The van der Waals surface area contributed by atoms with Crippen LogP contribution in [-0.4, -0.2) is 72.4 Å².